The summed E-state index contributed by atoms with van der Waals surface area (Å²) >= 11 is 0. The summed E-state index contributed by atoms with van der Waals surface area (Å²) in [6, 6.07) is -0.156. The second-order valence-electron chi connectivity index (χ2n) is 6.61. The molecule has 0 radical (unpaired) electrons. The third-order valence-corrected chi connectivity index (χ3v) is 3.68. The van der Waals surface area contributed by atoms with Crippen molar-refractivity contribution in [2.24, 2.45) is 5.92 Å². The van der Waals surface area contributed by atoms with Gasteiger partial charge in [0, 0.05) is 12.1 Å². The number of nitrogens with zero attached hydrogens (tertiary/aromatic N) is 1. The molecule has 1 aliphatic rings. The van der Waals surface area contributed by atoms with Crippen LogP contribution < -0.4 is 5.32 Å². The van der Waals surface area contributed by atoms with Crippen molar-refractivity contribution in [3.05, 3.63) is 0 Å². The van der Waals surface area contributed by atoms with Crippen LogP contribution in [0.2, 0.25) is 0 Å². The van der Waals surface area contributed by atoms with Gasteiger partial charge >= 0.3 is 0 Å². The molecule has 0 saturated heterocycles. The van der Waals surface area contributed by atoms with Crippen molar-refractivity contribution in [2.45, 2.75) is 64.6 Å². The standard InChI is InChI=1S/C14H28N2O2/c1-10(13(18)15-14(2,3)4)16(5)9-11-7-6-8-12(11)17/h10-12,17H,6-9H2,1-5H3,(H,15,18). The summed E-state index contributed by atoms with van der Waals surface area (Å²) in [5, 5.41) is 12.8. The zero-order valence-electron chi connectivity index (χ0n) is 12.4. The Morgan fingerprint density at radius 3 is 2.50 bits per heavy atom. The molecule has 0 aromatic carbocycles. The number of hydrogen-bond donors (Lipinski definition) is 2. The maximum Gasteiger partial charge on any atom is 0.237 e. The van der Waals surface area contributed by atoms with Gasteiger partial charge in [-0.15, -0.1) is 0 Å². The Morgan fingerprint density at radius 1 is 1.44 bits per heavy atom. The van der Waals surface area contributed by atoms with E-state index in [-0.39, 0.29) is 23.6 Å². The van der Waals surface area contributed by atoms with Crippen molar-refractivity contribution in [2.75, 3.05) is 13.6 Å². The van der Waals surface area contributed by atoms with Crippen LogP contribution in [0.3, 0.4) is 0 Å². The maximum absolute atomic E-state index is 12.0. The van der Waals surface area contributed by atoms with Crippen LogP contribution in [0.15, 0.2) is 0 Å². The van der Waals surface area contributed by atoms with E-state index in [2.05, 4.69) is 5.32 Å². The Hall–Kier alpha value is -0.610. The molecule has 1 fully saturated rings. The van der Waals surface area contributed by atoms with Gasteiger partial charge in [-0.1, -0.05) is 6.42 Å². The molecule has 0 heterocycles. The van der Waals surface area contributed by atoms with Crippen molar-refractivity contribution >= 4 is 5.91 Å². The topological polar surface area (TPSA) is 52.6 Å². The van der Waals surface area contributed by atoms with E-state index in [1.165, 1.54) is 0 Å². The first kappa shape index (κ1) is 15.4. The van der Waals surface area contributed by atoms with Gasteiger partial charge in [-0.2, -0.15) is 0 Å². The van der Waals surface area contributed by atoms with Gasteiger partial charge in [0.25, 0.3) is 0 Å². The fourth-order valence-corrected chi connectivity index (χ4v) is 2.43. The Balaban J connectivity index is 2.45. The molecule has 0 aromatic heterocycles. The summed E-state index contributed by atoms with van der Waals surface area (Å²) in [5.74, 6) is 0.373. The van der Waals surface area contributed by atoms with Gasteiger partial charge in [0.1, 0.15) is 0 Å². The highest BCUT2D eigenvalue weighted by Crippen LogP contribution is 2.26. The highest BCUT2D eigenvalue weighted by molar-refractivity contribution is 5.81. The molecule has 106 valence electrons. The lowest BCUT2D eigenvalue weighted by atomic mass is 10.0. The summed E-state index contributed by atoms with van der Waals surface area (Å²) in [6.45, 7) is 8.66. The van der Waals surface area contributed by atoms with E-state index in [0.717, 1.165) is 25.8 Å². The number of rotatable bonds is 4. The van der Waals surface area contributed by atoms with Gasteiger partial charge in [0.05, 0.1) is 12.1 Å². The second kappa shape index (κ2) is 6.02. The predicted octanol–water partition coefficient (Wildman–Crippen LogP) is 1.38. The van der Waals surface area contributed by atoms with Gasteiger partial charge in [-0.05, 0) is 53.5 Å². The van der Waals surface area contributed by atoms with Crippen molar-refractivity contribution in [1.29, 1.82) is 0 Å². The zero-order chi connectivity index (χ0) is 13.9. The fourth-order valence-electron chi connectivity index (χ4n) is 2.43. The van der Waals surface area contributed by atoms with Crippen LogP contribution in [0.4, 0.5) is 0 Å². The maximum atomic E-state index is 12.0. The van der Waals surface area contributed by atoms with Gasteiger partial charge in [-0.3, -0.25) is 9.69 Å². The van der Waals surface area contributed by atoms with Crippen LogP contribution in [0, 0.1) is 5.92 Å². The lowest BCUT2D eigenvalue weighted by Gasteiger charge is -2.30. The monoisotopic (exact) mass is 256 g/mol. The van der Waals surface area contributed by atoms with Gasteiger partial charge < -0.3 is 10.4 Å². The summed E-state index contributed by atoms with van der Waals surface area (Å²) in [6.07, 6.45) is 2.88. The Bertz CT molecular complexity index is 286. The van der Waals surface area contributed by atoms with Crippen LogP contribution in [0.5, 0.6) is 0 Å². The Kier molecular flexibility index (Phi) is 5.17. The van der Waals surface area contributed by atoms with E-state index in [1.54, 1.807) is 0 Å². The molecule has 0 aliphatic heterocycles. The molecular formula is C14H28N2O2. The number of hydrogen-bond acceptors (Lipinski definition) is 3. The van der Waals surface area contributed by atoms with Gasteiger partial charge in [0.15, 0.2) is 0 Å². The summed E-state index contributed by atoms with van der Waals surface area (Å²) in [4.78, 5) is 14.1. The van der Waals surface area contributed by atoms with E-state index < -0.39 is 0 Å². The quantitative estimate of drug-likeness (QED) is 0.799. The lowest BCUT2D eigenvalue weighted by molar-refractivity contribution is -0.127. The third kappa shape index (κ3) is 4.58. The summed E-state index contributed by atoms with van der Waals surface area (Å²) < 4.78 is 0. The number of carbonyl (C=O) groups is 1. The number of likely N-dealkylation sites (N-methyl/N-ethyl adjacent to an activating group) is 1. The molecular weight excluding hydrogens is 228 g/mol. The van der Waals surface area contributed by atoms with E-state index in [4.69, 9.17) is 0 Å². The number of carbonyl (C=O) groups excluding carboxylic acids is 1. The minimum atomic E-state index is -0.195. The van der Waals surface area contributed by atoms with Crippen LogP contribution in [-0.4, -0.2) is 47.2 Å². The predicted molar refractivity (Wildman–Crippen MR) is 73.3 cm³/mol. The molecule has 4 heteroatoms. The first-order chi connectivity index (χ1) is 8.20. The molecule has 0 aromatic rings. The van der Waals surface area contributed by atoms with E-state index in [9.17, 15) is 9.90 Å². The minimum absolute atomic E-state index is 0.0532. The SMILES string of the molecule is CC(C(=O)NC(C)(C)C)N(C)CC1CCCC1O. The zero-order valence-corrected chi connectivity index (χ0v) is 12.4. The van der Waals surface area contributed by atoms with Crippen LogP contribution in [-0.2, 0) is 4.79 Å². The number of amides is 1. The molecule has 1 saturated carbocycles. The molecule has 1 amide bonds. The smallest absolute Gasteiger partial charge is 0.237 e. The van der Waals surface area contributed by atoms with Crippen LogP contribution in [0.1, 0.15) is 47.0 Å². The normalized spacial score (nSPS) is 26.4. The van der Waals surface area contributed by atoms with Crippen LogP contribution >= 0.6 is 0 Å². The molecule has 0 bridgehead atoms. The molecule has 3 unspecified atom stereocenters. The highest BCUT2D eigenvalue weighted by Gasteiger charge is 2.29. The summed E-state index contributed by atoms with van der Waals surface area (Å²) in [5.41, 5.74) is -0.195. The largest absolute Gasteiger partial charge is 0.393 e. The van der Waals surface area contributed by atoms with E-state index in [0.29, 0.717) is 5.92 Å². The number of aliphatic hydroxyl groups excluding tert-OH is 1. The van der Waals surface area contributed by atoms with E-state index in [1.807, 2.05) is 39.6 Å². The first-order valence-electron chi connectivity index (χ1n) is 6.91. The molecule has 1 aliphatic carbocycles. The fraction of sp³-hybridized carbons (Fsp3) is 0.929. The van der Waals surface area contributed by atoms with Crippen molar-refractivity contribution < 1.29 is 9.90 Å². The molecule has 0 spiro atoms. The second-order valence-corrected chi connectivity index (χ2v) is 6.61. The van der Waals surface area contributed by atoms with Crippen LogP contribution in [0.25, 0.3) is 0 Å². The third-order valence-electron chi connectivity index (χ3n) is 3.68. The minimum Gasteiger partial charge on any atom is -0.393 e. The van der Waals surface area contributed by atoms with Crippen molar-refractivity contribution in [3.8, 4) is 0 Å². The Morgan fingerprint density at radius 2 is 2.06 bits per heavy atom. The van der Waals surface area contributed by atoms with Gasteiger partial charge in [-0.25, -0.2) is 0 Å². The molecule has 18 heavy (non-hydrogen) atoms. The molecule has 3 atom stereocenters. The molecule has 1 rings (SSSR count). The van der Waals surface area contributed by atoms with Crippen molar-refractivity contribution in [3.63, 3.8) is 0 Å². The molecule has 2 N–H and O–H groups in total. The Labute approximate surface area is 111 Å². The summed E-state index contributed by atoms with van der Waals surface area (Å²) in [7, 11) is 1.96. The van der Waals surface area contributed by atoms with Crippen molar-refractivity contribution in [1.82, 2.24) is 10.2 Å². The first-order valence-corrected chi connectivity index (χ1v) is 6.91. The number of nitrogens with one attached hydrogen (secondary N) is 1. The molecule has 4 nitrogen and oxygen atoms in total. The average molecular weight is 256 g/mol. The van der Waals surface area contributed by atoms with E-state index >= 15 is 0 Å². The number of aliphatic hydroxyl groups is 1. The average Bonchev–Trinajstić information content (AvgIpc) is 2.60. The highest BCUT2D eigenvalue weighted by atomic mass is 16.3. The van der Waals surface area contributed by atoms with Gasteiger partial charge in [0.2, 0.25) is 5.91 Å². The lowest BCUT2D eigenvalue weighted by Crippen LogP contribution is -2.51.